The molecule has 0 saturated carbocycles. The van der Waals surface area contributed by atoms with Crippen molar-refractivity contribution in [2.75, 3.05) is 37.0 Å². The average Bonchev–Trinajstić information content (AvgIpc) is 3.15. The number of benzene rings is 2. The molecule has 0 aromatic heterocycles. The van der Waals surface area contributed by atoms with Gasteiger partial charge in [-0.25, -0.2) is 4.79 Å². The first-order valence-electron chi connectivity index (χ1n) is 8.86. The Morgan fingerprint density at radius 1 is 1.26 bits per heavy atom. The Morgan fingerprint density at radius 2 is 2.07 bits per heavy atom. The third-order valence-corrected chi connectivity index (χ3v) is 5.46. The molecule has 1 fully saturated rings. The molecule has 0 bridgehead atoms. The Labute approximate surface area is 162 Å². The van der Waals surface area contributed by atoms with Crippen molar-refractivity contribution in [1.82, 2.24) is 4.90 Å². The predicted octanol–water partition coefficient (Wildman–Crippen LogP) is 3.72. The number of ether oxygens (including phenoxy) is 1. The summed E-state index contributed by atoms with van der Waals surface area (Å²) in [5, 5.41) is 3.66. The number of rotatable bonds is 2. The second-order valence-corrected chi connectivity index (χ2v) is 7.21. The van der Waals surface area contributed by atoms with E-state index >= 15 is 0 Å². The molecule has 0 unspecified atom stereocenters. The molecule has 7 heteroatoms. The fourth-order valence-corrected chi connectivity index (χ4v) is 3.85. The Balaban J connectivity index is 1.43. The first-order valence-corrected chi connectivity index (χ1v) is 9.24. The number of amides is 3. The van der Waals surface area contributed by atoms with Gasteiger partial charge in [0.2, 0.25) is 0 Å². The van der Waals surface area contributed by atoms with Gasteiger partial charge in [-0.2, -0.15) is 0 Å². The molecular weight excluding hydrogens is 366 g/mol. The molecule has 3 amide bonds. The van der Waals surface area contributed by atoms with Crippen LogP contribution in [-0.2, 0) is 4.79 Å². The van der Waals surface area contributed by atoms with Gasteiger partial charge in [0, 0.05) is 42.8 Å². The molecule has 2 aliphatic heterocycles. The summed E-state index contributed by atoms with van der Waals surface area (Å²) in [5.74, 6) is 0.739. The highest BCUT2D eigenvalue weighted by atomic mass is 35.5. The number of anilines is 2. The number of nitrogens with one attached hydrogen (secondary N) is 1. The molecule has 1 atom stereocenters. The van der Waals surface area contributed by atoms with Crippen LogP contribution in [0.5, 0.6) is 5.75 Å². The van der Waals surface area contributed by atoms with E-state index in [0.29, 0.717) is 30.2 Å². The largest absolute Gasteiger partial charge is 0.481 e. The maximum atomic E-state index is 12.6. The SMILES string of the molecule is CN1C(=O)COc2cc(NC(=O)N3CC[C@H](c4ccccc4Cl)C3)ccc21. The van der Waals surface area contributed by atoms with Crippen LogP contribution in [0.15, 0.2) is 42.5 Å². The standard InChI is InChI=1S/C20H20ClN3O3/c1-23-17-7-6-14(10-18(17)27-12-19(23)25)22-20(26)24-9-8-13(11-24)15-4-2-3-5-16(15)21/h2-7,10,13H,8-9,11-12H2,1H3,(H,22,26)/t13-/m0/s1. The number of carbonyl (C=O) groups is 2. The Kier molecular flexibility index (Phi) is 4.66. The number of likely N-dealkylation sites (N-methyl/N-ethyl adjacent to an activating group) is 1. The maximum Gasteiger partial charge on any atom is 0.321 e. The molecule has 2 aromatic rings. The van der Waals surface area contributed by atoms with Gasteiger partial charge in [0.1, 0.15) is 5.75 Å². The highest BCUT2D eigenvalue weighted by Gasteiger charge is 2.29. The van der Waals surface area contributed by atoms with Gasteiger partial charge in [0.25, 0.3) is 5.91 Å². The van der Waals surface area contributed by atoms with Gasteiger partial charge in [-0.1, -0.05) is 29.8 Å². The van der Waals surface area contributed by atoms with Crippen LogP contribution in [0.2, 0.25) is 5.02 Å². The fourth-order valence-electron chi connectivity index (χ4n) is 3.56. The second kappa shape index (κ2) is 7.12. The summed E-state index contributed by atoms with van der Waals surface area (Å²) in [5.41, 5.74) is 2.43. The van der Waals surface area contributed by atoms with Crippen molar-refractivity contribution < 1.29 is 14.3 Å². The molecule has 1 N–H and O–H groups in total. The lowest BCUT2D eigenvalue weighted by atomic mass is 9.98. The van der Waals surface area contributed by atoms with Gasteiger partial charge in [-0.15, -0.1) is 0 Å². The Morgan fingerprint density at radius 3 is 2.89 bits per heavy atom. The van der Waals surface area contributed by atoms with Crippen LogP contribution >= 0.6 is 11.6 Å². The summed E-state index contributed by atoms with van der Waals surface area (Å²) in [7, 11) is 1.71. The van der Waals surface area contributed by atoms with Crippen molar-refractivity contribution in [3.05, 3.63) is 53.1 Å². The van der Waals surface area contributed by atoms with E-state index in [1.807, 2.05) is 24.3 Å². The number of nitrogens with zero attached hydrogens (tertiary/aromatic N) is 2. The molecule has 2 heterocycles. The van der Waals surface area contributed by atoms with Gasteiger partial charge >= 0.3 is 6.03 Å². The zero-order valence-corrected chi connectivity index (χ0v) is 15.7. The molecule has 140 valence electrons. The molecule has 1 saturated heterocycles. The summed E-state index contributed by atoms with van der Waals surface area (Å²) in [6.07, 6.45) is 0.886. The lowest BCUT2D eigenvalue weighted by molar-refractivity contribution is -0.120. The number of hydrogen-bond donors (Lipinski definition) is 1. The van der Waals surface area contributed by atoms with E-state index in [4.69, 9.17) is 16.3 Å². The number of urea groups is 1. The van der Waals surface area contributed by atoms with Crippen LogP contribution in [0.4, 0.5) is 16.2 Å². The first-order chi connectivity index (χ1) is 13.0. The quantitative estimate of drug-likeness (QED) is 0.857. The molecule has 27 heavy (non-hydrogen) atoms. The highest BCUT2D eigenvalue weighted by molar-refractivity contribution is 6.31. The maximum absolute atomic E-state index is 12.6. The van der Waals surface area contributed by atoms with E-state index < -0.39 is 0 Å². The highest BCUT2D eigenvalue weighted by Crippen LogP contribution is 2.35. The zero-order valence-electron chi connectivity index (χ0n) is 14.9. The van der Waals surface area contributed by atoms with E-state index in [2.05, 4.69) is 5.32 Å². The summed E-state index contributed by atoms with van der Waals surface area (Å²) in [6.45, 7) is 1.32. The van der Waals surface area contributed by atoms with Crippen molar-refractivity contribution in [3.63, 3.8) is 0 Å². The Hall–Kier alpha value is -2.73. The lowest BCUT2D eigenvalue weighted by Crippen LogP contribution is -2.35. The van der Waals surface area contributed by atoms with Gasteiger partial charge in [-0.05, 0) is 30.2 Å². The van der Waals surface area contributed by atoms with Crippen LogP contribution in [0, 0.1) is 0 Å². The van der Waals surface area contributed by atoms with Crippen molar-refractivity contribution in [3.8, 4) is 5.75 Å². The third kappa shape index (κ3) is 3.45. The number of halogens is 1. The predicted molar refractivity (Wildman–Crippen MR) is 105 cm³/mol. The van der Waals surface area contributed by atoms with Gasteiger partial charge in [-0.3, -0.25) is 4.79 Å². The molecular formula is C20H20ClN3O3. The summed E-state index contributed by atoms with van der Waals surface area (Å²) in [4.78, 5) is 27.7. The number of fused-ring (bicyclic) bond motifs is 1. The molecule has 6 nitrogen and oxygen atoms in total. The second-order valence-electron chi connectivity index (χ2n) is 6.81. The van der Waals surface area contributed by atoms with E-state index in [1.165, 1.54) is 0 Å². The van der Waals surface area contributed by atoms with E-state index in [9.17, 15) is 9.59 Å². The van der Waals surface area contributed by atoms with Crippen molar-refractivity contribution in [2.45, 2.75) is 12.3 Å². The average molecular weight is 386 g/mol. The van der Waals surface area contributed by atoms with Crippen molar-refractivity contribution in [2.24, 2.45) is 0 Å². The van der Waals surface area contributed by atoms with E-state index in [1.54, 1.807) is 35.0 Å². The normalized spacial score (nSPS) is 18.9. The van der Waals surface area contributed by atoms with E-state index in [0.717, 1.165) is 17.0 Å². The minimum atomic E-state index is -0.148. The van der Waals surface area contributed by atoms with Gasteiger partial charge in [0.15, 0.2) is 6.61 Å². The van der Waals surface area contributed by atoms with Crippen LogP contribution < -0.4 is 15.0 Å². The smallest absolute Gasteiger partial charge is 0.321 e. The van der Waals surface area contributed by atoms with E-state index in [-0.39, 0.29) is 24.5 Å². The summed E-state index contributed by atoms with van der Waals surface area (Å²) >= 11 is 6.29. The summed E-state index contributed by atoms with van der Waals surface area (Å²) in [6, 6.07) is 12.9. The lowest BCUT2D eigenvalue weighted by Gasteiger charge is -2.26. The third-order valence-electron chi connectivity index (χ3n) is 5.12. The van der Waals surface area contributed by atoms with Crippen molar-refractivity contribution in [1.29, 1.82) is 0 Å². The number of carbonyl (C=O) groups excluding carboxylic acids is 2. The summed E-state index contributed by atoms with van der Waals surface area (Å²) < 4.78 is 5.47. The molecule has 0 aliphatic carbocycles. The van der Waals surface area contributed by atoms with Crippen molar-refractivity contribution >= 4 is 34.9 Å². The van der Waals surface area contributed by atoms with Crippen LogP contribution in [0.3, 0.4) is 0 Å². The zero-order chi connectivity index (χ0) is 19.0. The molecule has 0 spiro atoms. The molecule has 2 aliphatic rings. The van der Waals surface area contributed by atoms with Crippen LogP contribution in [-0.4, -0.2) is 43.6 Å². The molecule has 2 aromatic carbocycles. The first kappa shape index (κ1) is 17.7. The minimum Gasteiger partial charge on any atom is -0.481 e. The fraction of sp³-hybridized carbons (Fsp3) is 0.300. The minimum absolute atomic E-state index is 0.00649. The van der Waals surface area contributed by atoms with Gasteiger partial charge in [0.05, 0.1) is 5.69 Å². The number of likely N-dealkylation sites (tertiary alicyclic amines) is 1. The molecule has 4 rings (SSSR count). The number of hydrogen-bond acceptors (Lipinski definition) is 3. The Bertz CT molecular complexity index is 902. The van der Waals surface area contributed by atoms with Crippen LogP contribution in [0.25, 0.3) is 0 Å². The van der Waals surface area contributed by atoms with Gasteiger partial charge < -0.3 is 19.9 Å². The monoisotopic (exact) mass is 385 g/mol. The van der Waals surface area contributed by atoms with Crippen LogP contribution in [0.1, 0.15) is 17.9 Å². The molecule has 0 radical (unpaired) electrons. The topological polar surface area (TPSA) is 61.9 Å².